The molecule has 0 aliphatic carbocycles. The average Bonchev–Trinajstić information content (AvgIpc) is 2.61. The molecule has 0 aromatic carbocycles. The number of rotatable bonds is 19. The van der Waals surface area contributed by atoms with E-state index in [1.165, 1.54) is 38.5 Å². The molecule has 0 spiro atoms. The minimum atomic E-state index is -4.86. The van der Waals surface area contributed by atoms with Crippen molar-refractivity contribution in [2.24, 2.45) is 0 Å². The van der Waals surface area contributed by atoms with E-state index in [-0.39, 0.29) is 6.42 Å². The fraction of sp³-hybridized carbons (Fsp3) is 0.850. The Kier molecular flexibility index (Phi) is 15.6. The number of allylic oxidation sites excluding steroid dienone is 2. The lowest BCUT2D eigenvalue weighted by Gasteiger charge is -2.11. The lowest BCUT2D eigenvalue weighted by molar-refractivity contribution is -0.118. The van der Waals surface area contributed by atoms with Gasteiger partial charge in [0.2, 0.25) is 0 Å². The predicted octanol–water partition coefficient (Wildman–Crippen LogP) is 4.74. The topological polar surface area (TPSA) is 126 Å². The summed E-state index contributed by atoms with van der Waals surface area (Å²) in [7, 11) is -9.54. The Balaban J connectivity index is 3.78. The van der Waals surface area contributed by atoms with Gasteiger partial charge in [0.1, 0.15) is 5.75 Å². The zero-order chi connectivity index (χ0) is 22.2. The molecule has 29 heavy (non-hydrogen) atoms. The van der Waals surface area contributed by atoms with Crippen molar-refractivity contribution in [1.29, 1.82) is 0 Å². The Morgan fingerprint density at radius 2 is 1.21 bits per heavy atom. The molecule has 0 saturated heterocycles. The van der Waals surface area contributed by atoms with Gasteiger partial charge in [0, 0.05) is 6.42 Å². The van der Waals surface area contributed by atoms with Gasteiger partial charge in [-0.1, -0.05) is 70.4 Å². The van der Waals surface area contributed by atoms with Gasteiger partial charge < -0.3 is 0 Å². The fourth-order valence-corrected chi connectivity index (χ4v) is 5.29. The normalized spacial score (nSPS) is 13.8. The third-order valence-electron chi connectivity index (χ3n) is 4.77. The molecule has 0 aliphatic heterocycles. The molecular formula is C20H38O7S2. The summed E-state index contributed by atoms with van der Waals surface area (Å²) in [6.45, 7) is 2.22. The number of hydrogen-bond donors (Lipinski definition) is 2. The van der Waals surface area contributed by atoms with Gasteiger partial charge in [0.25, 0.3) is 20.2 Å². The van der Waals surface area contributed by atoms with E-state index in [9.17, 15) is 21.6 Å². The number of hydrogen-bond acceptors (Lipinski definition) is 5. The molecular weight excluding hydrogens is 416 g/mol. The first-order valence-corrected chi connectivity index (χ1v) is 13.8. The minimum absolute atomic E-state index is 0.141. The summed E-state index contributed by atoms with van der Waals surface area (Å²) in [4.78, 5) is 11.9. The van der Waals surface area contributed by atoms with Gasteiger partial charge >= 0.3 is 0 Å². The van der Waals surface area contributed by atoms with Crippen molar-refractivity contribution in [1.82, 2.24) is 0 Å². The highest BCUT2D eigenvalue weighted by Crippen LogP contribution is 2.13. The molecule has 0 aliphatic rings. The van der Waals surface area contributed by atoms with Gasteiger partial charge in [-0.3, -0.25) is 13.9 Å². The van der Waals surface area contributed by atoms with Gasteiger partial charge in [0.15, 0.2) is 11.0 Å². The van der Waals surface area contributed by atoms with E-state index in [1.807, 2.05) is 0 Å². The molecule has 0 rings (SSSR count). The van der Waals surface area contributed by atoms with E-state index in [0.717, 1.165) is 38.5 Å². The highest BCUT2D eigenvalue weighted by atomic mass is 32.2. The van der Waals surface area contributed by atoms with Crippen LogP contribution in [-0.2, 0) is 25.0 Å². The first-order chi connectivity index (χ1) is 13.6. The molecule has 0 fully saturated rings. The van der Waals surface area contributed by atoms with Crippen molar-refractivity contribution in [3.8, 4) is 0 Å². The van der Waals surface area contributed by atoms with E-state index in [2.05, 4.69) is 19.1 Å². The lowest BCUT2D eigenvalue weighted by Crippen LogP contribution is -2.36. The van der Waals surface area contributed by atoms with Crippen LogP contribution in [0.2, 0.25) is 0 Å². The highest BCUT2D eigenvalue weighted by Gasteiger charge is 2.34. The molecule has 172 valence electrons. The average molecular weight is 455 g/mol. The molecule has 0 aromatic heterocycles. The van der Waals surface area contributed by atoms with Gasteiger partial charge in [-0.2, -0.15) is 16.8 Å². The number of carbonyl (C=O) groups is 1. The molecule has 0 radical (unpaired) electrons. The van der Waals surface area contributed by atoms with Crippen molar-refractivity contribution in [2.75, 3.05) is 5.75 Å². The first-order valence-electron chi connectivity index (χ1n) is 10.7. The van der Waals surface area contributed by atoms with Gasteiger partial charge in [-0.25, -0.2) is 0 Å². The summed E-state index contributed by atoms with van der Waals surface area (Å²) in [5, 5.41) is -2.12. The van der Waals surface area contributed by atoms with E-state index >= 15 is 0 Å². The summed E-state index contributed by atoms with van der Waals surface area (Å²) in [6.07, 6.45) is 18.4. The SMILES string of the molecule is CCCCCCCCC=CCCCCCCCC(=O)C(CS(=O)(=O)O)S(=O)(=O)O. The van der Waals surface area contributed by atoms with Crippen LogP contribution in [0.15, 0.2) is 12.2 Å². The Morgan fingerprint density at radius 1 is 0.759 bits per heavy atom. The van der Waals surface area contributed by atoms with Crippen LogP contribution in [0.5, 0.6) is 0 Å². The van der Waals surface area contributed by atoms with E-state index in [1.54, 1.807) is 0 Å². The van der Waals surface area contributed by atoms with Crippen molar-refractivity contribution in [2.45, 2.75) is 102 Å². The smallest absolute Gasteiger partial charge is 0.276 e. The van der Waals surface area contributed by atoms with E-state index in [4.69, 9.17) is 9.11 Å². The molecule has 2 N–H and O–H groups in total. The van der Waals surface area contributed by atoms with E-state index < -0.39 is 37.0 Å². The summed E-state index contributed by atoms with van der Waals surface area (Å²) in [5.74, 6) is -2.20. The maximum absolute atomic E-state index is 11.9. The van der Waals surface area contributed by atoms with Crippen molar-refractivity contribution in [3.63, 3.8) is 0 Å². The Bertz CT molecular complexity index is 667. The van der Waals surface area contributed by atoms with Gasteiger partial charge in [0.05, 0.1) is 0 Å². The molecule has 0 aromatic rings. The summed E-state index contributed by atoms with van der Waals surface area (Å²) < 4.78 is 61.7. The number of carbonyl (C=O) groups excluding carboxylic acids is 1. The van der Waals surface area contributed by atoms with Crippen LogP contribution >= 0.6 is 0 Å². The van der Waals surface area contributed by atoms with Crippen LogP contribution in [0.3, 0.4) is 0 Å². The fourth-order valence-electron chi connectivity index (χ4n) is 3.07. The third kappa shape index (κ3) is 17.8. The molecule has 0 heterocycles. The molecule has 9 heteroatoms. The zero-order valence-corrected chi connectivity index (χ0v) is 19.2. The molecule has 0 amide bonds. The van der Waals surface area contributed by atoms with Crippen LogP contribution in [-0.4, -0.2) is 42.7 Å². The Labute approximate surface area is 176 Å². The molecule has 7 nitrogen and oxygen atoms in total. The Hall–Kier alpha value is -0.770. The third-order valence-corrected chi connectivity index (χ3v) is 6.88. The second-order valence-corrected chi connectivity index (χ2v) is 10.6. The van der Waals surface area contributed by atoms with Crippen LogP contribution < -0.4 is 0 Å². The monoisotopic (exact) mass is 454 g/mol. The van der Waals surface area contributed by atoms with E-state index in [0.29, 0.717) is 6.42 Å². The second kappa shape index (κ2) is 16.0. The summed E-state index contributed by atoms with van der Waals surface area (Å²) in [6, 6.07) is 0. The summed E-state index contributed by atoms with van der Waals surface area (Å²) >= 11 is 0. The first kappa shape index (κ1) is 28.2. The highest BCUT2D eigenvalue weighted by molar-refractivity contribution is 7.90. The quantitative estimate of drug-likeness (QED) is 0.164. The van der Waals surface area contributed by atoms with Crippen LogP contribution in [0, 0.1) is 0 Å². The summed E-state index contributed by atoms with van der Waals surface area (Å²) in [5.41, 5.74) is 0. The molecule has 1 atom stereocenters. The predicted molar refractivity (Wildman–Crippen MR) is 116 cm³/mol. The minimum Gasteiger partial charge on any atom is -0.298 e. The second-order valence-electron chi connectivity index (χ2n) is 7.55. The zero-order valence-electron chi connectivity index (χ0n) is 17.6. The van der Waals surface area contributed by atoms with Crippen molar-refractivity contribution < 1.29 is 30.7 Å². The number of Topliss-reactive ketones (excluding diaryl/α,β-unsaturated/α-hetero) is 1. The maximum Gasteiger partial charge on any atom is 0.276 e. The van der Waals surface area contributed by atoms with Gasteiger partial charge in [-0.15, -0.1) is 0 Å². The molecule has 0 bridgehead atoms. The Morgan fingerprint density at radius 3 is 1.66 bits per heavy atom. The standard InChI is InChI=1S/C20H38O7S2/c1-2-3-4-5-6-7-8-9-10-11-12-13-14-15-16-17-19(21)20(29(25,26)27)18-28(22,23)24/h9-10,20H,2-8,11-18H2,1H3,(H,22,23,24)(H,25,26,27). The molecule has 1 unspecified atom stereocenters. The van der Waals surface area contributed by atoms with Crippen molar-refractivity contribution >= 4 is 26.0 Å². The van der Waals surface area contributed by atoms with Crippen molar-refractivity contribution in [3.05, 3.63) is 12.2 Å². The lowest BCUT2D eigenvalue weighted by atomic mass is 10.1. The number of unbranched alkanes of at least 4 members (excludes halogenated alkanes) is 11. The maximum atomic E-state index is 11.9. The van der Waals surface area contributed by atoms with Crippen LogP contribution in [0.1, 0.15) is 96.8 Å². The van der Waals surface area contributed by atoms with Crippen LogP contribution in [0.25, 0.3) is 0 Å². The largest absolute Gasteiger partial charge is 0.298 e. The molecule has 0 saturated carbocycles. The van der Waals surface area contributed by atoms with Gasteiger partial charge in [-0.05, 0) is 32.1 Å². The van der Waals surface area contributed by atoms with Crippen LogP contribution in [0.4, 0.5) is 0 Å². The number of ketones is 1.